The van der Waals surface area contributed by atoms with E-state index >= 15 is 0 Å². The predicted octanol–water partition coefficient (Wildman–Crippen LogP) is 1.05. The van der Waals surface area contributed by atoms with E-state index in [-0.39, 0.29) is 6.10 Å². The van der Waals surface area contributed by atoms with Gasteiger partial charge in [0.15, 0.2) is 0 Å². The van der Waals surface area contributed by atoms with Gasteiger partial charge in [-0.2, -0.15) is 0 Å². The maximum atomic E-state index is 5.40. The molecule has 0 heterocycles. The predicted molar refractivity (Wildman–Crippen MR) is 54.9 cm³/mol. The van der Waals surface area contributed by atoms with Crippen molar-refractivity contribution in [2.24, 2.45) is 5.84 Å². The molecule has 13 heavy (non-hydrogen) atoms. The molecule has 0 aliphatic rings. The van der Waals surface area contributed by atoms with Crippen LogP contribution in [0.4, 0.5) is 0 Å². The first-order valence-corrected chi connectivity index (χ1v) is 4.63. The fourth-order valence-electron chi connectivity index (χ4n) is 1.14. The number of hydrogen-bond donors (Lipinski definition) is 2. The van der Waals surface area contributed by atoms with Gasteiger partial charge in [0.2, 0.25) is 0 Å². The minimum atomic E-state index is 0.246. The highest BCUT2D eigenvalue weighted by Crippen LogP contribution is 2.05. The van der Waals surface area contributed by atoms with Gasteiger partial charge in [0, 0.05) is 19.6 Å². The van der Waals surface area contributed by atoms with Crippen molar-refractivity contribution in [3.63, 3.8) is 0 Å². The second-order valence-corrected chi connectivity index (χ2v) is 3.11. The van der Waals surface area contributed by atoms with Crippen LogP contribution in [-0.2, 0) is 4.74 Å². The quantitative estimate of drug-likeness (QED) is 0.368. The van der Waals surface area contributed by atoms with E-state index < -0.39 is 0 Å². The van der Waals surface area contributed by atoms with Gasteiger partial charge in [-0.05, 0) is 26.7 Å². The average Bonchev–Trinajstić information content (AvgIpc) is 2.16. The van der Waals surface area contributed by atoms with Crippen molar-refractivity contribution in [2.45, 2.75) is 45.3 Å². The number of nitrogens with one attached hydrogen (secondary N) is 1. The van der Waals surface area contributed by atoms with Gasteiger partial charge in [-0.15, -0.1) is 11.8 Å². The van der Waals surface area contributed by atoms with Gasteiger partial charge < -0.3 is 4.74 Å². The van der Waals surface area contributed by atoms with E-state index in [1.807, 2.05) is 13.8 Å². The molecule has 0 fully saturated rings. The monoisotopic (exact) mass is 184 g/mol. The van der Waals surface area contributed by atoms with E-state index in [1.54, 1.807) is 7.11 Å². The van der Waals surface area contributed by atoms with Gasteiger partial charge in [-0.1, -0.05) is 0 Å². The second-order valence-electron chi connectivity index (χ2n) is 3.11. The molecule has 0 aromatic carbocycles. The summed E-state index contributed by atoms with van der Waals surface area (Å²) >= 11 is 0. The first kappa shape index (κ1) is 12.4. The summed E-state index contributed by atoms with van der Waals surface area (Å²) in [6, 6.07) is 0.302. The molecule has 0 amide bonds. The molecule has 0 radical (unpaired) electrons. The summed E-state index contributed by atoms with van der Waals surface area (Å²) in [6.45, 7) is 3.89. The topological polar surface area (TPSA) is 47.3 Å². The number of hydrazine groups is 1. The molecule has 0 aromatic rings. The number of rotatable bonds is 6. The molecule has 3 nitrogen and oxygen atoms in total. The van der Waals surface area contributed by atoms with E-state index in [9.17, 15) is 0 Å². The zero-order chi connectivity index (χ0) is 10.1. The number of ether oxygens (including phenoxy) is 1. The van der Waals surface area contributed by atoms with Gasteiger partial charge in [0.1, 0.15) is 0 Å². The van der Waals surface area contributed by atoms with Crippen LogP contribution < -0.4 is 11.3 Å². The van der Waals surface area contributed by atoms with Crippen LogP contribution in [0.1, 0.15) is 33.1 Å². The summed E-state index contributed by atoms with van der Waals surface area (Å²) in [6.07, 6.45) is 3.04. The Kier molecular flexibility index (Phi) is 7.71. The van der Waals surface area contributed by atoms with Crippen LogP contribution >= 0.6 is 0 Å². The molecule has 2 unspecified atom stereocenters. The van der Waals surface area contributed by atoms with Crippen molar-refractivity contribution in [1.29, 1.82) is 0 Å². The van der Waals surface area contributed by atoms with Crippen molar-refractivity contribution in [1.82, 2.24) is 5.43 Å². The molecule has 0 saturated heterocycles. The van der Waals surface area contributed by atoms with Crippen LogP contribution in [0.2, 0.25) is 0 Å². The van der Waals surface area contributed by atoms with Crippen LogP contribution in [0, 0.1) is 11.8 Å². The standard InChI is InChI=1S/C10H20N2O/c1-4-5-6-7-10(12-11)8-9(2)13-3/h9-10,12H,6-8,11H2,1-3H3. The van der Waals surface area contributed by atoms with Crippen molar-refractivity contribution in [3.8, 4) is 11.8 Å². The first-order valence-electron chi connectivity index (χ1n) is 4.63. The Bertz CT molecular complexity index is 171. The van der Waals surface area contributed by atoms with Gasteiger partial charge >= 0.3 is 0 Å². The Hall–Kier alpha value is -0.560. The maximum absolute atomic E-state index is 5.40. The maximum Gasteiger partial charge on any atom is 0.0558 e. The summed E-state index contributed by atoms with van der Waals surface area (Å²) in [5.74, 6) is 11.3. The highest BCUT2D eigenvalue weighted by atomic mass is 16.5. The lowest BCUT2D eigenvalue weighted by Gasteiger charge is -2.18. The molecule has 3 N–H and O–H groups in total. The molecule has 0 aromatic heterocycles. The van der Waals surface area contributed by atoms with Crippen LogP contribution in [0.15, 0.2) is 0 Å². The van der Waals surface area contributed by atoms with Gasteiger partial charge in [-0.3, -0.25) is 11.3 Å². The molecular weight excluding hydrogens is 164 g/mol. The Labute approximate surface area is 81.0 Å². The van der Waals surface area contributed by atoms with Crippen molar-refractivity contribution in [3.05, 3.63) is 0 Å². The van der Waals surface area contributed by atoms with E-state index in [1.165, 1.54) is 0 Å². The molecular formula is C10H20N2O. The lowest BCUT2D eigenvalue weighted by atomic mass is 10.1. The molecule has 0 spiro atoms. The Morgan fingerprint density at radius 2 is 2.23 bits per heavy atom. The lowest BCUT2D eigenvalue weighted by Crippen LogP contribution is -2.37. The third kappa shape index (κ3) is 6.59. The normalized spacial score (nSPS) is 14.5. The summed E-state index contributed by atoms with van der Waals surface area (Å²) in [5, 5.41) is 0. The average molecular weight is 184 g/mol. The smallest absolute Gasteiger partial charge is 0.0558 e. The van der Waals surface area contributed by atoms with Crippen molar-refractivity contribution in [2.75, 3.05) is 7.11 Å². The van der Waals surface area contributed by atoms with Crippen molar-refractivity contribution >= 4 is 0 Å². The molecule has 0 rings (SSSR count). The second kappa shape index (κ2) is 8.06. The third-order valence-corrected chi connectivity index (χ3v) is 2.05. The molecule has 0 aliphatic carbocycles. The van der Waals surface area contributed by atoms with Gasteiger partial charge in [-0.25, -0.2) is 0 Å². The van der Waals surface area contributed by atoms with E-state index in [0.717, 1.165) is 19.3 Å². The molecule has 2 atom stereocenters. The fraction of sp³-hybridized carbons (Fsp3) is 0.800. The minimum absolute atomic E-state index is 0.246. The Morgan fingerprint density at radius 1 is 1.54 bits per heavy atom. The SMILES string of the molecule is CC#CCCC(CC(C)OC)NN. The fourth-order valence-corrected chi connectivity index (χ4v) is 1.14. The third-order valence-electron chi connectivity index (χ3n) is 2.05. The highest BCUT2D eigenvalue weighted by Gasteiger charge is 2.09. The van der Waals surface area contributed by atoms with Gasteiger partial charge in [0.25, 0.3) is 0 Å². The first-order chi connectivity index (χ1) is 6.24. The van der Waals surface area contributed by atoms with Gasteiger partial charge in [0.05, 0.1) is 6.10 Å². The van der Waals surface area contributed by atoms with Crippen molar-refractivity contribution < 1.29 is 4.74 Å². The number of hydrogen-bond acceptors (Lipinski definition) is 3. The van der Waals surface area contributed by atoms with E-state index in [4.69, 9.17) is 10.6 Å². The van der Waals surface area contributed by atoms with Crippen LogP contribution in [0.5, 0.6) is 0 Å². The van der Waals surface area contributed by atoms with Crippen LogP contribution in [0.25, 0.3) is 0 Å². The summed E-state index contributed by atoms with van der Waals surface area (Å²) in [7, 11) is 1.71. The Balaban J connectivity index is 3.66. The molecule has 0 bridgehead atoms. The summed E-state index contributed by atoms with van der Waals surface area (Å²) in [5.41, 5.74) is 2.78. The largest absolute Gasteiger partial charge is 0.382 e. The molecule has 3 heteroatoms. The van der Waals surface area contributed by atoms with E-state index in [2.05, 4.69) is 17.3 Å². The summed E-state index contributed by atoms with van der Waals surface area (Å²) < 4.78 is 5.16. The van der Waals surface area contributed by atoms with E-state index in [0.29, 0.717) is 6.04 Å². The zero-order valence-corrected chi connectivity index (χ0v) is 8.76. The summed E-state index contributed by atoms with van der Waals surface area (Å²) in [4.78, 5) is 0. The number of nitrogens with two attached hydrogens (primary N) is 1. The lowest BCUT2D eigenvalue weighted by molar-refractivity contribution is 0.0995. The minimum Gasteiger partial charge on any atom is -0.382 e. The highest BCUT2D eigenvalue weighted by molar-refractivity contribution is 4.95. The molecule has 0 saturated carbocycles. The number of methoxy groups -OCH3 is 1. The molecule has 76 valence electrons. The molecule has 0 aliphatic heterocycles. The van der Waals surface area contributed by atoms with Crippen LogP contribution in [-0.4, -0.2) is 19.3 Å². The van der Waals surface area contributed by atoms with Crippen LogP contribution in [0.3, 0.4) is 0 Å². The Morgan fingerprint density at radius 3 is 2.69 bits per heavy atom. The zero-order valence-electron chi connectivity index (χ0n) is 8.76.